The van der Waals surface area contributed by atoms with Gasteiger partial charge in [0.05, 0.1) is 12.6 Å². The van der Waals surface area contributed by atoms with E-state index in [0.29, 0.717) is 31.5 Å². The smallest absolute Gasteiger partial charge is 0.220 e. The van der Waals surface area contributed by atoms with Crippen molar-refractivity contribution in [2.24, 2.45) is 10.9 Å². The Morgan fingerprint density at radius 1 is 1.08 bits per heavy atom. The monoisotopic (exact) mass is 366 g/mol. The highest BCUT2D eigenvalue weighted by atomic mass is 16.5. The quantitative estimate of drug-likeness (QED) is 0.394. The number of ether oxygens (including phenoxy) is 1. The number of piperidine rings is 1. The highest BCUT2D eigenvalue weighted by molar-refractivity contribution is 5.80. The molecule has 1 aliphatic heterocycles. The lowest BCUT2D eigenvalue weighted by Crippen LogP contribution is -2.47. The Labute approximate surface area is 159 Å². The molecule has 0 aromatic heterocycles. The first kappa shape index (κ1) is 21.0. The van der Waals surface area contributed by atoms with Gasteiger partial charge >= 0.3 is 0 Å². The average molecular weight is 367 g/mol. The van der Waals surface area contributed by atoms with Gasteiger partial charge < -0.3 is 20.3 Å². The Morgan fingerprint density at radius 2 is 1.81 bits per heavy atom. The highest BCUT2D eigenvalue weighted by Gasteiger charge is 2.21. The zero-order chi connectivity index (χ0) is 18.6. The minimum absolute atomic E-state index is 0.189. The number of amides is 1. The fourth-order valence-electron chi connectivity index (χ4n) is 3.98. The zero-order valence-electron chi connectivity index (χ0n) is 16.8. The van der Waals surface area contributed by atoms with E-state index in [1.165, 1.54) is 32.1 Å². The molecule has 2 aliphatic rings. The molecule has 1 saturated carbocycles. The average Bonchev–Trinajstić information content (AvgIpc) is 2.66. The summed E-state index contributed by atoms with van der Waals surface area (Å²) in [4.78, 5) is 19.1. The molecule has 2 N–H and O–H groups in total. The largest absolute Gasteiger partial charge is 0.378 e. The highest BCUT2D eigenvalue weighted by Crippen LogP contribution is 2.25. The number of carbonyl (C=O) groups excluding carboxylic acids is 1. The van der Waals surface area contributed by atoms with Gasteiger partial charge in [0.1, 0.15) is 0 Å². The third kappa shape index (κ3) is 7.52. The van der Waals surface area contributed by atoms with Crippen molar-refractivity contribution in [1.29, 1.82) is 0 Å². The first-order valence-electron chi connectivity index (χ1n) is 10.6. The van der Waals surface area contributed by atoms with E-state index in [-0.39, 0.29) is 5.91 Å². The summed E-state index contributed by atoms with van der Waals surface area (Å²) in [6.45, 7) is 9.00. The third-order valence-corrected chi connectivity index (χ3v) is 5.37. The number of guanidine groups is 1. The fraction of sp³-hybridized carbons (Fsp3) is 0.900. The molecular formula is C20H38N4O2. The molecular weight excluding hydrogens is 328 g/mol. The minimum Gasteiger partial charge on any atom is -0.378 e. The van der Waals surface area contributed by atoms with Crippen LogP contribution in [0.25, 0.3) is 0 Å². The molecule has 0 spiro atoms. The maximum absolute atomic E-state index is 12.1. The molecule has 0 unspecified atom stereocenters. The molecule has 2 fully saturated rings. The van der Waals surface area contributed by atoms with Crippen LogP contribution in [0.1, 0.15) is 65.2 Å². The fourth-order valence-corrected chi connectivity index (χ4v) is 3.98. The van der Waals surface area contributed by atoms with Crippen molar-refractivity contribution in [3.8, 4) is 0 Å². The van der Waals surface area contributed by atoms with Gasteiger partial charge in [-0.2, -0.15) is 0 Å². The van der Waals surface area contributed by atoms with Crippen molar-refractivity contribution < 1.29 is 9.53 Å². The second-order valence-electron chi connectivity index (χ2n) is 7.44. The molecule has 0 aromatic rings. The van der Waals surface area contributed by atoms with Crippen molar-refractivity contribution in [2.75, 3.05) is 39.3 Å². The van der Waals surface area contributed by atoms with Crippen LogP contribution in [-0.2, 0) is 9.53 Å². The normalized spacial score (nSPS) is 20.2. The molecule has 2 rings (SSSR count). The molecule has 6 nitrogen and oxygen atoms in total. The Hall–Kier alpha value is -1.30. The van der Waals surface area contributed by atoms with Gasteiger partial charge in [0.2, 0.25) is 5.91 Å². The van der Waals surface area contributed by atoms with Gasteiger partial charge in [0.15, 0.2) is 5.96 Å². The van der Waals surface area contributed by atoms with E-state index >= 15 is 0 Å². The lowest BCUT2D eigenvalue weighted by Gasteiger charge is -2.34. The van der Waals surface area contributed by atoms with Gasteiger partial charge in [-0.15, -0.1) is 0 Å². The number of nitrogens with one attached hydrogen (secondary N) is 2. The van der Waals surface area contributed by atoms with Crippen LogP contribution in [0.15, 0.2) is 4.99 Å². The van der Waals surface area contributed by atoms with E-state index in [1.807, 2.05) is 0 Å². The van der Waals surface area contributed by atoms with E-state index in [4.69, 9.17) is 9.73 Å². The van der Waals surface area contributed by atoms with E-state index in [1.54, 1.807) is 0 Å². The third-order valence-electron chi connectivity index (χ3n) is 5.37. The van der Waals surface area contributed by atoms with Gasteiger partial charge in [-0.1, -0.05) is 19.3 Å². The Balaban J connectivity index is 1.68. The van der Waals surface area contributed by atoms with Crippen LogP contribution in [0.3, 0.4) is 0 Å². The van der Waals surface area contributed by atoms with E-state index in [0.717, 1.165) is 45.0 Å². The summed E-state index contributed by atoms with van der Waals surface area (Å²) in [5, 5.41) is 6.42. The number of aliphatic imine (C=N–C) groups is 1. The van der Waals surface area contributed by atoms with Gasteiger partial charge in [-0.05, 0) is 45.4 Å². The standard InChI is InChI=1S/C20H38N4O2/c1-3-21-20(24-14-10-18(11-15-24)26-4-2)23-13-12-22-19(25)16-17-8-6-5-7-9-17/h17-18H,3-16H2,1-2H3,(H,21,23)(H,22,25). The molecule has 0 bridgehead atoms. The van der Waals surface area contributed by atoms with E-state index < -0.39 is 0 Å². The molecule has 1 amide bonds. The maximum Gasteiger partial charge on any atom is 0.220 e. The summed E-state index contributed by atoms with van der Waals surface area (Å²) >= 11 is 0. The van der Waals surface area contributed by atoms with Crippen LogP contribution in [-0.4, -0.2) is 62.2 Å². The summed E-state index contributed by atoms with van der Waals surface area (Å²) < 4.78 is 5.72. The summed E-state index contributed by atoms with van der Waals surface area (Å²) in [6.07, 6.45) is 9.52. The van der Waals surface area contributed by atoms with Crippen LogP contribution in [0.4, 0.5) is 0 Å². The minimum atomic E-state index is 0.189. The zero-order valence-corrected chi connectivity index (χ0v) is 16.8. The predicted octanol–water partition coefficient (Wildman–Crippen LogP) is 2.54. The summed E-state index contributed by atoms with van der Waals surface area (Å²) in [5.41, 5.74) is 0. The molecule has 1 heterocycles. The number of carbonyl (C=O) groups is 1. The topological polar surface area (TPSA) is 66.0 Å². The van der Waals surface area contributed by atoms with Crippen LogP contribution < -0.4 is 10.6 Å². The van der Waals surface area contributed by atoms with Crippen LogP contribution in [0.2, 0.25) is 0 Å². The van der Waals surface area contributed by atoms with E-state index in [9.17, 15) is 4.79 Å². The van der Waals surface area contributed by atoms with Crippen LogP contribution in [0, 0.1) is 5.92 Å². The first-order valence-corrected chi connectivity index (χ1v) is 10.6. The lowest BCUT2D eigenvalue weighted by atomic mass is 9.87. The maximum atomic E-state index is 12.1. The van der Waals surface area contributed by atoms with Gasteiger partial charge in [-0.3, -0.25) is 9.79 Å². The molecule has 0 radical (unpaired) electrons. The van der Waals surface area contributed by atoms with Gasteiger partial charge in [-0.25, -0.2) is 0 Å². The molecule has 1 aliphatic carbocycles. The number of likely N-dealkylation sites (tertiary alicyclic amines) is 1. The Kier molecular flexibility index (Phi) is 9.82. The molecule has 6 heteroatoms. The number of nitrogens with zero attached hydrogens (tertiary/aromatic N) is 2. The SMILES string of the molecule is CCNC(=NCCNC(=O)CC1CCCCC1)N1CCC(OCC)CC1. The summed E-state index contributed by atoms with van der Waals surface area (Å²) in [5.74, 6) is 1.75. The molecule has 0 atom stereocenters. The van der Waals surface area contributed by atoms with Gasteiger partial charge in [0.25, 0.3) is 0 Å². The molecule has 1 saturated heterocycles. The number of hydrogen-bond acceptors (Lipinski definition) is 3. The Bertz CT molecular complexity index is 428. The number of rotatable bonds is 8. The van der Waals surface area contributed by atoms with Gasteiger partial charge in [0, 0.05) is 39.2 Å². The lowest BCUT2D eigenvalue weighted by molar-refractivity contribution is -0.122. The van der Waals surface area contributed by atoms with E-state index in [2.05, 4.69) is 29.4 Å². The molecule has 26 heavy (non-hydrogen) atoms. The molecule has 0 aromatic carbocycles. The summed E-state index contributed by atoms with van der Waals surface area (Å²) in [7, 11) is 0. The first-order chi connectivity index (χ1) is 12.7. The van der Waals surface area contributed by atoms with Crippen LogP contribution >= 0.6 is 0 Å². The van der Waals surface area contributed by atoms with Crippen molar-refractivity contribution in [3.05, 3.63) is 0 Å². The number of hydrogen-bond donors (Lipinski definition) is 2. The predicted molar refractivity (Wildman–Crippen MR) is 106 cm³/mol. The second-order valence-corrected chi connectivity index (χ2v) is 7.44. The van der Waals surface area contributed by atoms with Crippen molar-refractivity contribution >= 4 is 11.9 Å². The van der Waals surface area contributed by atoms with Crippen molar-refractivity contribution in [1.82, 2.24) is 15.5 Å². The van der Waals surface area contributed by atoms with Crippen LogP contribution in [0.5, 0.6) is 0 Å². The summed E-state index contributed by atoms with van der Waals surface area (Å²) in [6, 6.07) is 0. The van der Waals surface area contributed by atoms with Crippen molar-refractivity contribution in [3.63, 3.8) is 0 Å². The van der Waals surface area contributed by atoms with Crippen molar-refractivity contribution in [2.45, 2.75) is 71.3 Å². The second kappa shape index (κ2) is 12.2. The molecule has 150 valence electrons. The Morgan fingerprint density at radius 3 is 2.46 bits per heavy atom.